The summed E-state index contributed by atoms with van der Waals surface area (Å²) in [6, 6.07) is 3.00. The first-order valence-corrected chi connectivity index (χ1v) is 8.12. The molecule has 0 amide bonds. The smallest absolute Gasteiger partial charge is 0.206 e. The van der Waals surface area contributed by atoms with E-state index in [2.05, 4.69) is 4.98 Å². The van der Waals surface area contributed by atoms with Crippen molar-refractivity contribution in [3.63, 3.8) is 0 Å². The highest BCUT2D eigenvalue weighted by Gasteiger charge is 2.43. The SMILES string of the molecule is CN(C)c1nc2cc(Cl)c(Cl)cc2n1C1CC(CO)C(O)C1O. The first-order chi connectivity index (χ1) is 10.8. The van der Waals surface area contributed by atoms with E-state index in [1.54, 1.807) is 12.1 Å². The molecule has 0 radical (unpaired) electrons. The van der Waals surface area contributed by atoms with E-state index in [4.69, 9.17) is 23.2 Å². The van der Waals surface area contributed by atoms with Crippen molar-refractivity contribution in [3.8, 4) is 0 Å². The largest absolute Gasteiger partial charge is 0.396 e. The molecule has 1 saturated carbocycles. The molecule has 6 nitrogen and oxygen atoms in total. The van der Waals surface area contributed by atoms with Crippen LogP contribution >= 0.6 is 23.2 Å². The lowest BCUT2D eigenvalue weighted by Crippen LogP contribution is -2.31. The number of imidazole rings is 1. The summed E-state index contributed by atoms with van der Waals surface area (Å²) in [5.74, 6) is 0.262. The van der Waals surface area contributed by atoms with Gasteiger partial charge in [0.15, 0.2) is 0 Å². The zero-order chi connectivity index (χ0) is 16.9. The maximum atomic E-state index is 10.4. The minimum Gasteiger partial charge on any atom is -0.396 e. The minimum atomic E-state index is -0.988. The van der Waals surface area contributed by atoms with E-state index in [0.29, 0.717) is 27.9 Å². The molecule has 1 aliphatic carbocycles. The van der Waals surface area contributed by atoms with Crippen molar-refractivity contribution in [2.45, 2.75) is 24.7 Å². The molecular weight excluding hydrogens is 341 g/mol. The zero-order valence-electron chi connectivity index (χ0n) is 12.8. The fourth-order valence-corrected chi connectivity index (χ4v) is 3.57. The number of aromatic nitrogens is 2. The van der Waals surface area contributed by atoms with Crippen LogP contribution in [0.1, 0.15) is 12.5 Å². The van der Waals surface area contributed by atoms with Crippen LogP contribution in [0.15, 0.2) is 12.1 Å². The first-order valence-electron chi connectivity index (χ1n) is 7.36. The molecule has 0 bridgehead atoms. The van der Waals surface area contributed by atoms with Gasteiger partial charge in [0.2, 0.25) is 5.95 Å². The molecule has 126 valence electrons. The van der Waals surface area contributed by atoms with Crippen molar-refractivity contribution in [1.29, 1.82) is 0 Å². The second-order valence-corrected chi connectivity index (χ2v) is 6.97. The van der Waals surface area contributed by atoms with E-state index in [1.165, 1.54) is 0 Å². The molecule has 2 aromatic rings. The van der Waals surface area contributed by atoms with Gasteiger partial charge in [0.25, 0.3) is 0 Å². The van der Waals surface area contributed by atoms with E-state index in [-0.39, 0.29) is 12.5 Å². The van der Waals surface area contributed by atoms with Crippen LogP contribution in [0, 0.1) is 5.92 Å². The number of fused-ring (bicyclic) bond motifs is 1. The Bertz CT molecular complexity index is 734. The average molecular weight is 360 g/mol. The van der Waals surface area contributed by atoms with Crippen LogP contribution in [0.2, 0.25) is 10.0 Å². The van der Waals surface area contributed by atoms with Crippen LogP contribution < -0.4 is 4.90 Å². The first kappa shape index (κ1) is 16.8. The lowest BCUT2D eigenvalue weighted by atomic mass is 10.1. The molecule has 1 aliphatic rings. The standard InChI is InChI=1S/C15H19Cl2N3O3/c1-19(2)15-18-10-4-8(16)9(17)5-11(10)20(15)12-3-7(6-21)13(22)14(12)23/h4-5,7,12-14,21-23H,3,6H2,1-2H3. The number of hydrogen-bond donors (Lipinski definition) is 3. The molecule has 1 aromatic carbocycles. The predicted molar refractivity (Wildman–Crippen MR) is 90.3 cm³/mol. The third-order valence-electron chi connectivity index (χ3n) is 4.45. The third kappa shape index (κ3) is 2.68. The Kier molecular flexibility index (Phi) is 4.46. The highest BCUT2D eigenvalue weighted by molar-refractivity contribution is 6.42. The monoisotopic (exact) mass is 359 g/mol. The van der Waals surface area contributed by atoms with Gasteiger partial charge in [0.05, 0.1) is 33.2 Å². The number of benzene rings is 1. The minimum absolute atomic E-state index is 0.175. The van der Waals surface area contributed by atoms with Crippen molar-refractivity contribution < 1.29 is 15.3 Å². The van der Waals surface area contributed by atoms with Crippen LogP contribution in [0.25, 0.3) is 11.0 Å². The number of aliphatic hydroxyl groups is 3. The second-order valence-electron chi connectivity index (χ2n) is 6.16. The highest BCUT2D eigenvalue weighted by Crippen LogP contribution is 2.41. The normalized spacial score (nSPS) is 27.8. The lowest BCUT2D eigenvalue weighted by molar-refractivity contribution is -0.00350. The van der Waals surface area contributed by atoms with Crippen LogP contribution in [0.3, 0.4) is 0 Å². The van der Waals surface area contributed by atoms with Crippen LogP contribution in [-0.4, -0.2) is 57.8 Å². The molecule has 0 spiro atoms. The fourth-order valence-electron chi connectivity index (χ4n) is 3.26. The van der Waals surface area contributed by atoms with E-state index < -0.39 is 18.2 Å². The molecule has 0 saturated heterocycles. The Morgan fingerprint density at radius 1 is 1.22 bits per heavy atom. The number of anilines is 1. The number of nitrogens with zero attached hydrogens (tertiary/aromatic N) is 3. The van der Waals surface area contributed by atoms with E-state index >= 15 is 0 Å². The summed E-state index contributed by atoms with van der Waals surface area (Å²) in [7, 11) is 3.70. The summed E-state index contributed by atoms with van der Waals surface area (Å²) in [5.41, 5.74) is 1.40. The van der Waals surface area contributed by atoms with Crippen LogP contribution in [0.5, 0.6) is 0 Å². The zero-order valence-corrected chi connectivity index (χ0v) is 14.3. The molecule has 3 rings (SSSR count). The number of aliphatic hydroxyl groups excluding tert-OH is 3. The number of rotatable bonds is 3. The topological polar surface area (TPSA) is 81.8 Å². The van der Waals surface area contributed by atoms with Gasteiger partial charge in [-0.15, -0.1) is 0 Å². The summed E-state index contributed by atoms with van der Waals surface area (Å²) in [5, 5.41) is 30.8. The third-order valence-corrected chi connectivity index (χ3v) is 5.17. The average Bonchev–Trinajstić information content (AvgIpc) is 2.99. The molecular formula is C15H19Cl2N3O3. The van der Waals surface area contributed by atoms with Crippen LogP contribution in [0.4, 0.5) is 5.95 Å². The molecule has 1 fully saturated rings. The molecule has 8 heteroatoms. The van der Waals surface area contributed by atoms with E-state index in [0.717, 1.165) is 5.52 Å². The lowest BCUT2D eigenvalue weighted by Gasteiger charge is -2.23. The Hall–Kier alpha value is -1.05. The Morgan fingerprint density at radius 3 is 2.43 bits per heavy atom. The Morgan fingerprint density at radius 2 is 1.87 bits per heavy atom. The molecule has 1 aromatic heterocycles. The maximum absolute atomic E-state index is 10.4. The van der Waals surface area contributed by atoms with E-state index in [1.807, 2.05) is 23.6 Å². The second kappa shape index (κ2) is 6.11. The van der Waals surface area contributed by atoms with Gasteiger partial charge in [0, 0.05) is 26.6 Å². The summed E-state index contributed by atoms with van der Waals surface area (Å²) < 4.78 is 1.86. The molecule has 3 N–H and O–H groups in total. The summed E-state index contributed by atoms with van der Waals surface area (Å²) in [4.78, 5) is 6.39. The maximum Gasteiger partial charge on any atom is 0.206 e. The van der Waals surface area contributed by atoms with Crippen molar-refractivity contribution >= 4 is 40.2 Å². The van der Waals surface area contributed by atoms with Gasteiger partial charge < -0.3 is 24.8 Å². The van der Waals surface area contributed by atoms with Gasteiger partial charge in [0.1, 0.15) is 6.10 Å². The van der Waals surface area contributed by atoms with Gasteiger partial charge in [-0.1, -0.05) is 23.2 Å². The van der Waals surface area contributed by atoms with Crippen molar-refractivity contribution in [2.24, 2.45) is 5.92 Å². The highest BCUT2D eigenvalue weighted by atomic mass is 35.5. The quantitative estimate of drug-likeness (QED) is 0.776. The molecule has 23 heavy (non-hydrogen) atoms. The molecule has 4 unspecified atom stereocenters. The molecule has 0 aliphatic heterocycles. The fraction of sp³-hybridized carbons (Fsp3) is 0.533. The summed E-state index contributed by atoms with van der Waals surface area (Å²) in [6.45, 7) is -0.175. The van der Waals surface area contributed by atoms with Gasteiger partial charge in [-0.3, -0.25) is 0 Å². The van der Waals surface area contributed by atoms with Crippen molar-refractivity contribution in [2.75, 3.05) is 25.6 Å². The van der Waals surface area contributed by atoms with Gasteiger partial charge in [-0.05, 0) is 18.6 Å². The molecule has 4 atom stereocenters. The Labute approximate surface area is 143 Å². The summed E-state index contributed by atoms with van der Waals surface area (Å²) >= 11 is 12.2. The van der Waals surface area contributed by atoms with Gasteiger partial charge >= 0.3 is 0 Å². The Balaban J connectivity index is 2.19. The van der Waals surface area contributed by atoms with Crippen molar-refractivity contribution in [3.05, 3.63) is 22.2 Å². The predicted octanol–water partition coefficient (Wildman–Crippen LogP) is 1.68. The van der Waals surface area contributed by atoms with Crippen LogP contribution in [-0.2, 0) is 0 Å². The van der Waals surface area contributed by atoms with E-state index in [9.17, 15) is 15.3 Å². The van der Waals surface area contributed by atoms with Gasteiger partial charge in [-0.25, -0.2) is 4.98 Å². The van der Waals surface area contributed by atoms with Gasteiger partial charge in [-0.2, -0.15) is 0 Å². The number of halogens is 2. The summed E-state index contributed by atoms with van der Waals surface area (Å²) in [6.07, 6.45) is -1.51. The van der Waals surface area contributed by atoms with Crippen molar-refractivity contribution in [1.82, 2.24) is 9.55 Å². The molecule has 1 heterocycles. The number of hydrogen-bond acceptors (Lipinski definition) is 5.